The number of esters is 1. The molecule has 1 aliphatic rings. The van der Waals surface area contributed by atoms with E-state index in [1.165, 1.54) is 12.8 Å². The molecule has 1 unspecified atom stereocenters. The molecule has 2 N–H and O–H groups in total. The maximum atomic E-state index is 11.5. The summed E-state index contributed by atoms with van der Waals surface area (Å²) in [4.78, 5) is 11.5. The maximum Gasteiger partial charge on any atom is 0.324 e. The van der Waals surface area contributed by atoms with Gasteiger partial charge in [-0.05, 0) is 6.42 Å². The van der Waals surface area contributed by atoms with Gasteiger partial charge >= 0.3 is 5.97 Å². The molecule has 1 heterocycles. The van der Waals surface area contributed by atoms with Crippen molar-refractivity contribution < 1.29 is 9.53 Å². The van der Waals surface area contributed by atoms with E-state index in [0.29, 0.717) is 13.2 Å². The summed E-state index contributed by atoms with van der Waals surface area (Å²) in [6, 6.07) is -0.148. The van der Waals surface area contributed by atoms with Crippen LogP contribution < -0.4 is 10.6 Å². The molecule has 4 heteroatoms. The van der Waals surface area contributed by atoms with Gasteiger partial charge in [-0.15, -0.1) is 0 Å². The van der Waals surface area contributed by atoms with Crippen molar-refractivity contribution in [1.82, 2.24) is 10.6 Å². The molecule has 1 fully saturated rings. The summed E-state index contributed by atoms with van der Waals surface area (Å²) in [6.45, 7) is 5.20. The molecular weight excluding hydrogens is 192 g/mol. The molecule has 1 saturated heterocycles. The predicted octanol–water partition coefficient (Wildman–Crippen LogP) is 0.671. The van der Waals surface area contributed by atoms with Gasteiger partial charge in [0.25, 0.3) is 0 Å². The Kier molecular flexibility index (Phi) is 6.36. The molecule has 0 amide bonds. The number of carbonyl (C=O) groups excluding carboxylic acids is 1. The van der Waals surface area contributed by atoms with Crippen molar-refractivity contribution >= 4 is 5.97 Å². The average molecular weight is 214 g/mol. The summed E-state index contributed by atoms with van der Waals surface area (Å²) < 4.78 is 5.19. The normalized spacial score (nSPS) is 21.3. The van der Waals surface area contributed by atoms with Crippen molar-refractivity contribution in [2.24, 2.45) is 0 Å². The summed E-state index contributed by atoms with van der Waals surface area (Å²) in [5.74, 6) is -0.112. The van der Waals surface area contributed by atoms with Gasteiger partial charge < -0.3 is 15.4 Å². The van der Waals surface area contributed by atoms with E-state index in [-0.39, 0.29) is 12.0 Å². The van der Waals surface area contributed by atoms with Crippen LogP contribution in [-0.4, -0.2) is 38.3 Å². The van der Waals surface area contributed by atoms with Gasteiger partial charge in [0.05, 0.1) is 6.61 Å². The Bertz CT molecular complexity index is 179. The highest BCUT2D eigenvalue weighted by atomic mass is 16.5. The molecule has 1 aliphatic heterocycles. The monoisotopic (exact) mass is 214 g/mol. The topological polar surface area (TPSA) is 50.4 Å². The van der Waals surface area contributed by atoms with Crippen LogP contribution >= 0.6 is 0 Å². The Labute approximate surface area is 91.8 Å². The summed E-state index contributed by atoms with van der Waals surface area (Å²) in [6.07, 6.45) is 4.57. The maximum absolute atomic E-state index is 11.5. The standard InChI is InChI=1S/C11H22N2O2/c1-2-3-4-5-8-15-11(14)10-9-12-6-7-13-10/h10,12-13H,2-9H2,1H3. The molecule has 0 aromatic rings. The molecule has 4 nitrogen and oxygen atoms in total. The molecule has 0 aromatic carbocycles. The van der Waals surface area contributed by atoms with E-state index in [0.717, 1.165) is 25.9 Å². The van der Waals surface area contributed by atoms with Crippen LogP contribution in [-0.2, 0) is 9.53 Å². The van der Waals surface area contributed by atoms with E-state index in [1.807, 2.05) is 0 Å². The minimum absolute atomic E-state index is 0.112. The van der Waals surface area contributed by atoms with Crippen LogP contribution in [0.4, 0.5) is 0 Å². The SMILES string of the molecule is CCCCCCOC(=O)C1CNCCN1. The number of hydrogen-bond acceptors (Lipinski definition) is 4. The first-order valence-corrected chi connectivity index (χ1v) is 5.95. The third kappa shape index (κ3) is 5.14. The van der Waals surface area contributed by atoms with Gasteiger partial charge in [0.15, 0.2) is 0 Å². The number of hydrogen-bond donors (Lipinski definition) is 2. The molecule has 0 saturated carbocycles. The fourth-order valence-corrected chi connectivity index (χ4v) is 1.62. The molecule has 88 valence electrons. The Balaban J connectivity index is 2.02. The number of carbonyl (C=O) groups is 1. The van der Waals surface area contributed by atoms with Crippen LogP contribution in [0, 0.1) is 0 Å². The second kappa shape index (κ2) is 7.65. The van der Waals surface area contributed by atoms with Gasteiger partial charge in [0, 0.05) is 19.6 Å². The van der Waals surface area contributed by atoms with Crippen molar-refractivity contribution in [3.8, 4) is 0 Å². The summed E-state index contributed by atoms with van der Waals surface area (Å²) in [5, 5.41) is 6.30. The van der Waals surface area contributed by atoms with Crippen molar-refractivity contribution in [3.63, 3.8) is 0 Å². The molecule has 0 aromatic heterocycles. The van der Waals surface area contributed by atoms with Gasteiger partial charge in [0.1, 0.15) is 6.04 Å². The summed E-state index contributed by atoms with van der Waals surface area (Å²) in [7, 11) is 0. The van der Waals surface area contributed by atoms with E-state index >= 15 is 0 Å². The molecular formula is C11H22N2O2. The minimum Gasteiger partial charge on any atom is -0.464 e. The molecule has 15 heavy (non-hydrogen) atoms. The lowest BCUT2D eigenvalue weighted by Crippen LogP contribution is -2.52. The minimum atomic E-state index is -0.148. The third-order valence-electron chi connectivity index (χ3n) is 2.57. The second-order valence-electron chi connectivity index (χ2n) is 3.94. The number of nitrogens with one attached hydrogen (secondary N) is 2. The Morgan fingerprint density at radius 2 is 2.20 bits per heavy atom. The Hall–Kier alpha value is -0.610. The Morgan fingerprint density at radius 1 is 1.33 bits per heavy atom. The molecule has 1 rings (SSSR count). The molecule has 0 bridgehead atoms. The summed E-state index contributed by atoms with van der Waals surface area (Å²) >= 11 is 0. The largest absolute Gasteiger partial charge is 0.464 e. The van der Waals surface area contributed by atoms with Gasteiger partial charge in [-0.3, -0.25) is 4.79 Å². The third-order valence-corrected chi connectivity index (χ3v) is 2.57. The van der Waals surface area contributed by atoms with Gasteiger partial charge in [-0.25, -0.2) is 0 Å². The second-order valence-corrected chi connectivity index (χ2v) is 3.94. The van der Waals surface area contributed by atoms with Crippen molar-refractivity contribution in [2.75, 3.05) is 26.2 Å². The molecule has 0 spiro atoms. The first-order chi connectivity index (χ1) is 7.34. The van der Waals surface area contributed by atoms with Crippen LogP contribution in [0.5, 0.6) is 0 Å². The van der Waals surface area contributed by atoms with E-state index in [9.17, 15) is 4.79 Å². The highest BCUT2D eigenvalue weighted by Gasteiger charge is 2.21. The van der Waals surface area contributed by atoms with Crippen molar-refractivity contribution in [3.05, 3.63) is 0 Å². The lowest BCUT2D eigenvalue weighted by atomic mass is 10.2. The quantitative estimate of drug-likeness (QED) is 0.504. The zero-order chi connectivity index (χ0) is 10.9. The number of ether oxygens (including phenoxy) is 1. The van der Waals surface area contributed by atoms with Crippen LogP contribution in [0.25, 0.3) is 0 Å². The highest BCUT2D eigenvalue weighted by molar-refractivity contribution is 5.76. The van der Waals surface area contributed by atoms with Gasteiger partial charge in [-0.2, -0.15) is 0 Å². The summed E-state index contributed by atoms with van der Waals surface area (Å²) in [5.41, 5.74) is 0. The van der Waals surface area contributed by atoms with Crippen LogP contribution in [0.15, 0.2) is 0 Å². The smallest absolute Gasteiger partial charge is 0.324 e. The van der Waals surface area contributed by atoms with Crippen molar-refractivity contribution in [1.29, 1.82) is 0 Å². The van der Waals surface area contributed by atoms with Gasteiger partial charge in [-0.1, -0.05) is 26.2 Å². The molecule has 1 atom stereocenters. The fraction of sp³-hybridized carbons (Fsp3) is 0.909. The fourth-order valence-electron chi connectivity index (χ4n) is 1.62. The Morgan fingerprint density at radius 3 is 2.87 bits per heavy atom. The van der Waals surface area contributed by atoms with E-state index in [1.54, 1.807) is 0 Å². The zero-order valence-corrected chi connectivity index (χ0v) is 9.55. The van der Waals surface area contributed by atoms with Crippen molar-refractivity contribution in [2.45, 2.75) is 38.6 Å². The predicted molar refractivity (Wildman–Crippen MR) is 59.8 cm³/mol. The van der Waals surface area contributed by atoms with E-state index in [2.05, 4.69) is 17.6 Å². The zero-order valence-electron chi connectivity index (χ0n) is 9.55. The number of rotatable bonds is 6. The van der Waals surface area contributed by atoms with E-state index < -0.39 is 0 Å². The van der Waals surface area contributed by atoms with Gasteiger partial charge in [0.2, 0.25) is 0 Å². The van der Waals surface area contributed by atoms with Crippen LogP contribution in [0.3, 0.4) is 0 Å². The lowest BCUT2D eigenvalue weighted by Gasteiger charge is -2.22. The molecule has 0 aliphatic carbocycles. The molecule has 0 radical (unpaired) electrons. The average Bonchev–Trinajstić information content (AvgIpc) is 2.30. The first-order valence-electron chi connectivity index (χ1n) is 5.95. The lowest BCUT2D eigenvalue weighted by molar-refractivity contribution is -0.146. The van der Waals surface area contributed by atoms with Crippen LogP contribution in [0.2, 0.25) is 0 Å². The van der Waals surface area contributed by atoms with E-state index in [4.69, 9.17) is 4.74 Å². The van der Waals surface area contributed by atoms with Crippen LogP contribution in [0.1, 0.15) is 32.6 Å². The number of unbranched alkanes of at least 4 members (excludes halogenated alkanes) is 3. The highest BCUT2D eigenvalue weighted by Crippen LogP contribution is 2.00. The number of piperazine rings is 1. The first kappa shape index (κ1) is 12.5.